The fraction of sp³-hybridized carbons (Fsp3) is 0.389. The third-order valence-corrected chi connectivity index (χ3v) is 4.93. The van der Waals surface area contributed by atoms with Crippen LogP contribution in [-0.4, -0.2) is 35.8 Å². The number of amides is 2. The van der Waals surface area contributed by atoms with Crippen LogP contribution >= 0.6 is 11.8 Å². The van der Waals surface area contributed by atoms with Crippen molar-refractivity contribution in [1.29, 1.82) is 0 Å². The van der Waals surface area contributed by atoms with Crippen LogP contribution in [0.1, 0.15) is 25.8 Å². The van der Waals surface area contributed by atoms with Crippen LogP contribution in [-0.2, 0) is 16.0 Å². The van der Waals surface area contributed by atoms with Gasteiger partial charge in [0.25, 0.3) is 0 Å². The van der Waals surface area contributed by atoms with Crippen LogP contribution in [0.2, 0.25) is 0 Å². The van der Waals surface area contributed by atoms with Crippen LogP contribution in [0.25, 0.3) is 10.9 Å². The molecule has 1 aliphatic rings. The van der Waals surface area contributed by atoms with Crippen molar-refractivity contribution in [2.45, 2.75) is 31.7 Å². The van der Waals surface area contributed by atoms with Gasteiger partial charge >= 0.3 is 0 Å². The van der Waals surface area contributed by atoms with Crippen molar-refractivity contribution in [3.8, 4) is 11.5 Å². The Morgan fingerprint density at radius 3 is 2.46 bits per heavy atom. The standard InChI is InChI=1S/C18H21N3O4S/c1-3-11-7-12-8-14-15(25-6-5-24-14)9-13(12)19-18(11)26-10-17(23)21-20-16(22)4-2/h7-9H,3-6,10H2,1-2H3,(H,20,22)(H,21,23). The summed E-state index contributed by atoms with van der Waals surface area (Å²) in [5.41, 5.74) is 6.61. The predicted octanol–water partition coefficient (Wildman–Crippen LogP) is 2.22. The number of benzene rings is 1. The molecule has 1 aromatic carbocycles. The molecule has 2 amide bonds. The predicted molar refractivity (Wildman–Crippen MR) is 99.4 cm³/mol. The first-order valence-electron chi connectivity index (χ1n) is 8.54. The number of hydrogen-bond acceptors (Lipinski definition) is 6. The zero-order valence-electron chi connectivity index (χ0n) is 14.8. The molecule has 2 heterocycles. The number of hydrazine groups is 1. The van der Waals surface area contributed by atoms with Gasteiger partial charge in [-0.3, -0.25) is 20.4 Å². The molecule has 1 aliphatic heterocycles. The van der Waals surface area contributed by atoms with Crippen LogP contribution in [0.15, 0.2) is 23.2 Å². The van der Waals surface area contributed by atoms with Gasteiger partial charge in [-0.25, -0.2) is 4.98 Å². The summed E-state index contributed by atoms with van der Waals surface area (Å²) in [5, 5.41) is 1.78. The lowest BCUT2D eigenvalue weighted by Crippen LogP contribution is -2.42. The van der Waals surface area contributed by atoms with Crippen molar-refractivity contribution >= 4 is 34.5 Å². The van der Waals surface area contributed by atoms with Crippen LogP contribution in [0.3, 0.4) is 0 Å². The molecule has 0 aliphatic carbocycles. The number of aromatic nitrogens is 1. The highest BCUT2D eigenvalue weighted by Gasteiger charge is 2.15. The van der Waals surface area contributed by atoms with Gasteiger partial charge in [-0.2, -0.15) is 0 Å². The van der Waals surface area contributed by atoms with Gasteiger partial charge in [0.2, 0.25) is 11.8 Å². The first kappa shape index (κ1) is 18.3. The number of nitrogens with zero attached hydrogens (tertiary/aromatic N) is 1. The summed E-state index contributed by atoms with van der Waals surface area (Å²) in [4.78, 5) is 27.8. The number of thioether (sulfide) groups is 1. The second-order valence-electron chi connectivity index (χ2n) is 5.73. The summed E-state index contributed by atoms with van der Waals surface area (Å²) < 4.78 is 11.2. The Morgan fingerprint density at radius 1 is 1.08 bits per heavy atom. The third kappa shape index (κ3) is 4.19. The van der Waals surface area contributed by atoms with Crippen molar-refractivity contribution in [2.24, 2.45) is 0 Å². The van der Waals surface area contributed by atoms with Gasteiger partial charge in [0.1, 0.15) is 18.2 Å². The molecule has 0 saturated carbocycles. The number of pyridine rings is 1. The van der Waals surface area contributed by atoms with Gasteiger partial charge in [0, 0.05) is 17.9 Å². The molecule has 0 fully saturated rings. The van der Waals surface area contributed by atoms with E-state index in [1.165, 1.54) is 11.8 Å². The zero-order chi connectivity index (χ0) is 18.5. The molecule has 138 valence electrons. The van der Waals surface area contributed by atoms with E-state index >= 15 is 0 Å². The van der Waals surface area contributed by atoms with Crippen LogP contribution in [0.5, 0.6) is 11.5 Å². The number of fused-ring (bicyclic) bond motifs is 2. The summed E-state index contributed by atoms with van der Waals surface area (Å²) in [7, 11) is 0. The maximum absolute atomic E-state index is 11.9. The molecular weight excluding hydrogens is 354 g/mol. The fourth-order valence-corrected chi connectivity index (χ4v) is 3.40. The van der Waals surface area contributed by atoms with Crippen LogP contribution in [0.4, 0.5) is 0 Å². The largest absolute Gasteiger partial charge is 0.486 e. The van der Waals surface area contributed by atoms with E-state index in [9.17, 15) is 9.59 Å². The molecule has 0 unspecified atom stereocenters. The molecule has 7 nitrogen and oxygen atoms in total. The quantitative estimate of drug-likeness (QED) is 0.615. The van der Waals surface area contributed by atoms with E-state index < -0.39 is 0 Å². The molecule has 0 bridgehead atoms. The van der Waals surface area contributed by atoms with Gasteiger partial charge in [-0.05, 0) is 24.1 Å². The van der Waals surface area contributed by atoms with Gasteiger partial charge < -0.3 is 9.47 Å². The van der Waals surface area contributed by atoms with Gasteiger partial charge in [0.05, 0.1) is 11.3 Å². The second-order valence-corrected chi connectivity index (χ2v) is 6.70. The normalized spacial score (nSPS) is 12.7. The van der Waals surface area contributed by atoms with Crippen molar-refractivity contribution in [2.75, 3.05) is 19.0 Å². The van der Waals surface area contributed by atoms with Crippen molar-refractivity contribution in [3.05, 3.63) is 23.8 Å². The highest BCUT2D eigenvalue weighted by molar-refractivity contribution is 7.99. The average Bonchev–Trinajstić information content (AvgIpc) is 2.67. The maximum Gasteiger partial charge on any atom is 0.248 e. The van der Waals surface area contributed by atoms with Gasteiger partial charge in [-0.1, -0.05) is 25.6 Å². The highest BCUT2D eigenvalue weighted by atomic mass is 32.2. The molecule has 1 aromatic heterocycles. The number of carbonyl (C=O) groups excluding carboxylic acids is 2. The SMILES string of the molecule is CCC(=O)NNC(=O)CSc1nc2cc3c(cc2cc1CC)OCCO3. The summed E-state index contributed by atoms with van der Waals surface area (Å²) in [6.45, 7) is 4.84. The number of aryl methyl sites for hydroxylation is 1. The Labute approximate surface area is 155 Å². The molecule has 26 heavy (non-hydrogen) atoms. The molecule has 8 heteroatoms. The van der Waals surface area contributed by atoms with Gasteiger partial charge in [0.15, 0.2) is 11.5 Å². The minimum atomic E-state index is -0.275. The Balaban J connectivity index is 1.76. The third-order valence-electron chi connectivity index (χ3n) is 3.90. The maximum atomic E-state index is 11.9. The van der Waals surface area contributed by atoms with Crippen LogP contribution < -0.4 is 20.3 Å². The first-order chi connectivity index (χ1) is 12.6. The molecule has 2 N–H and O–H groups in total. The van der Waals surface area contributed by atoms with Crippen molar-refractivity contribution in [3.63, 3.8) is 0 Å². The molecule has 3 rings (SSSR count). The summed E-state index contributed by atoms with van der Waals surface area (Å²) >= 11 is 1.34. The lowest BCUT2D eigenvalue weighted by atomic mass is 10.1. The van der Waals surface area contributed by atoms with Crippen molar-refractivity contribution in [1.82, 2.24) is 15.8 Å². The zero-order valence-corrected chi connectivity index (χ0v) is 15.6. The minimum absolute atomic E-state index is 0.167. The Hall–Kier alpha value is -2.48. The number of nitrogens with one attached hydrogen (secondary N) is 2. The van der Waals surface area contributed by atoms with E-state index in [0.717, 1.165) is 33.7 Å². The number of rotatable bonds is 5. The van der Waals surface area contributed by atoms with Crippen LogP contribution in [0, 0.1) is 0 Å². The molecule has 2 aromatic rings. The monoisotopic (exact) mass is 375 g/mol. The number of hydrogen-bond donors (Lipinski definition) is 2. The molecule has 0 atom stereocenters. The topological polar surface area (TPSA) is 89.6 Å². The Kier molecular flexibility index (Phi) is 5.82. The molecular formula is C18H21N3O4S. The lowest BCUT2D eigenvalue weighted by molar-refractivity contribution is -0.127. The summed E-state index contributed by atoms with van der Waals surface area (Å²) in [6.07, 6.45) is 1.11. The summed E-state index contributed by atoms with van der Waals surface area (Å²) in [5.74, 6) is 1.09. The average molecular weight is 375 g/mol. The van der Waals surface area contributed by atoms with E-state index in [0.29, 0.717) is 25.4 Å². The van der Waals surface area contributed by atoms with Crippen molar-refractivity contribution < 1.29 is 19.1 Å². The van der Waals surface area contributed by atoms with E-state index in [1.54, 1.807) is 6.92 Å². The smallest absolute Gasteiger partial charge is 0.248 e. The number of carbonyl (C=O) groups is 2. The lowest BCUT2D eigenvalue weighted by Gasteiger charge is -2.19. The first-order valence-corrected chi connectivity index (χ1v) is 9.53. The highest BCUT2D eigenvalue weighted by Crippen LogP contribution is 2.35. The minimum Gasteiger partial charge on any atom is -0.486 e. The molecule has 0 spiro atoms. The van der Waals surface area contributed by atoms with E-state index in [4.69, 9.17) is 14.5 Å². The molecule has 0 radical (unpaired) electrons. The van der Waals surface area contributed by atoms with E-state index in [1.807, 2.05) is 19.1 Å². The van der Waals surface area contributed by atoms with Gasteiger partial charge in [-0.15, -0.1) is 0 Å². The van der Waals surface area contributed by atoms with E-state index in [2.05, 4.69) is 16.9 Å². The summed E-state index contributed by atoms with van der Waals surface area (Å²) in [6, 6.07) is 5.88. The Morgan fingerprint density at radius 2 is 1.77 bits per heavy atom. The Bertz CT molecular complexity index is 841. The fourth-order valence-electron chi connectivity index (χ4n) is 2.51. The number of ether oxygens (including phenoxy) is 2. The molecule has 0 saturated heterocycles. The second kappa shape index (κ2) is 8.27. The van der Waals surface area contributed by atoms with E-state index in [-0.39, 0.29) is 17.6 Å².